The number of fused-ring (bicyclic) bond motifs is 1. The van der Waals surface area contributed by atoms with Crippen LogP contribution in [0.15, 0.2) is 33.9 Å². The molecule has 0 saturated carbocycles. The lowest BCUT2D eigenvalue weighted by Crippen LogP contribution is -2.24. The highest BCUT2D eigenvalue weighted by molar-refractivity contribution is 7.91. The van der Waals surface area contributed by atoms with E-state index in [4.69, 9.17) is 4.42 Å². The van der Waals surface area contributed by atoms with Crippen molar-refractivity contribution in [3.8, 4) is 0 Å². The molecule has 2 aromatic rings. The number of hydrogen-bond donors (Lipinski definition) is 1. The second-order valence-corrected chi connectivity index (χ2v) is 6.21. The molecule has 0 spiro atoms. The van der Waals surface area contributed by atoms with Gasteiger partial charge in [-0.25, -0.2) is 8.42 Å². The van der Waals surface area contributed by atoms with Crippen LogP contribution in [-0.4, -0.2) is 31.7 Å². The summed E-state index contributed by atoms with van der Waals surface area (Å²) in [6, 6.07) is 7.05. The molecule has 2 heterocycles. The van der Waals surface area contributed by atoms with Gasteiger partial charge in [0.25, 0.3) is 0 Å². The molecular formula is C11H13ClN2O3S. The van der Waals surface area contributed by atoms with Crippen LogP contribution in [-0.2, 0) is 9.84 Å². The third kappa shape index (κ3) is 2.11. The molecule has 1 unspecified atom stereocenters. The molecule has 1 aliphatic rings. The first-order valence-corrected chi connectivity index (χ1v) is 7.03. The van der Waals surface area contributed by atoms with Crippen LogP contribution in [0.5, 0.6) is 0 Å². The number of oxazole rings is 1. The van der Waals surface area contributed by atoms with Gasteiger partial charge in [0.1, 0.15) is 5.52 Å². The van der Waals surface area contributed by atoms with Gasteiger partial charge in [0.05, 0.1) is 5.25 Å². The maximum absolute atomic E-state index is 12.2. The quantitative estimate of drug-likeness (QED) is 0.904. The zero-order valence-electron chi connectivity index (χ0n) is 9.50. The predicted octanol–water partition coefficient (Wildman–Crippen LogP) is 1.39. The molecule has 5 nitrogen and oxygen atoms in total. The maximum Gasteiger partial charge on any atom is 0.316 e. The van der Waals surface area contributed by atoms with Crippen LogP contribution < -0.4 is 5.32 Å². The standard InChI is InChI=1S/C11H12N2O3S.ClH/c14-17(15,8-5-6-12-7-8)11-13-9-3-1-2-4-10(9)16-11;/h1-4,8,12H,5-7H2;1H. The summed E-state index contributed by atoms with van der Waals surface area (Å²) < 4.78 is 29.7. The van der Waals surface area contributed by atoms with Crippen LogP contribution in [0.2, 0.25) is 0 Å². The van der Waals surface area contributed by atoms with Crippen LogP contribution in [0.1, 0.15) is 6.42 Å². The van der Waals surface area contributed by atoms with E-state index in [0.717, 1.165) is 6.54 Å². The van der Waals surface area contributed by atoms with Gasteiger partial charge in [-0.05, 0) is 25.1 Å². The fraction of sp³-hybridized carbons (Fsp3) is 0.364. The van der Waals surface area contributed by atoms with E-state index >= 15 is 0 Å². The van der Waals surface area contributed by atoms with Crippen molar-refractivity contribution in [1.82, 2.24) is 10.3 Å². The largest absolute Gasteiger partial charge is 0.428 e. The zero-order chi connectivity index (χ0) is 11.9. The topological polar surface area (TPSA) is 72.2 Å². The molecule has 0 amide bonds. The minimum absolute atomic E-state index is 0. The minimum atomic E-state index is -3.44. The Morgan fingerprint density at radius 1 is 1.33 bits per heavy atom. The number of halogens is 1. The van der Waals surface area contributed by atoms with Gasteiger partial charge in [0, 0.05) is 6.54 Å². The third-order valence-corrected chi connectivity index (χ3v) is 4.91. The number of nitrogens with zero attached hydrogens (tertiary/aromatic N) is 1. The normalized spacial score (nSPS) is 19.9. The molecule has 0 radical (unpaired) electrons. The fourth-order valence-corrected chi connectivity index (χ4v) is 3.49. The monoisotopic (exact) mass is 288 g/mol. The Labute approximate surface area is 111 Å². The van der Waals surface area contributed by atoms with Gasteiger partial charge in [-0.2, -0.15) is 4.98 Å². The van der Waals surface area contributed by atoms with E-state index in [-0.39, 0.29) is 17.6 Å². The summed E-state index contributed by atoms with van der Waals surface area (Å²) >= 11 is 0. The molecular weight excluding hydrogens is 276 g/mol. The molecule has 1 aromatic carbocycles. The highest BCUT2D eigenvalue weighted by Gasteiger charge is 2.34. The predicted molar refractivity (Wildman–Crippen MR) is 69.7 cm³/mol. The average Bonchev–Trinajstić information content (AvgIpc) is 2.98. The Hall–Kier alpha value is -1.11. The van der Waals surface area contributed by atoms with E-state index in [1.807, 2.05) is 0 Å². The second-order valence-electron chi connectivity index (χ2n) is 4.11. The van der Waals surface area contributed by atoms with Crippen LogP contribution in [0.4, 0.5) is 0 Å². The third-order valence-electron chi connectivity index (χ3n) is 2.97. The van der Waals surface area contributed by atoms with E-state index in [1.54, 1.807) is 24.3 Å². The maximum atomic E-state index is 12.2. The first-order valence-electron chi connectivity index (χ1n) is 5.48. The van der Waals surface area contributed by atoms with Crippen LogP contribution in [0.25, 0.3) is 11.1 Å². The van der Waals surface area contributed by atoms with Gasteiger partial charge in [-0.1, -0.05) is 12.1 Å². The summed E-state index contributed by atoms with van der Waals surface area (Å²) in [5, 5.41) is 2.45. The van der Waals surface area contributed by atoms with Crippen molar-refractivity contribution in [1.29, 1.82) is 0 Å². The molecule has 1 fully saturated rings. The summed E-state index contributed by atoms with van der Waals surface area (Å²) in [6.45, 7) is 1.20. The van der Waals surface area contributed by atoms with Gasteiger partial charge in [0.15, 0.2) is 5.58 Å². The number of aromatic nitrogens is 1. The highest BCUT2D eigenvalue weighted by Crippen LogP contribution is 2.23. The Balaban J connectivity index is 0.00000120. The molecule has 1 aliphatic heterocycles. The lowest BCUT2D eigenvalue weighted by molar-refractivity contribution is 0.454. The van der Waals surface area contributed by atoms with E-state index in [9.17, 15) is 8.42 Å². The molecule has 0 aliphatic carbocycles. The van der Waals surface area contributed by atoms with Crippen molar-refractivity contribution in [2.24, 2.45) is 0 Å². The van der Waals surface area contributed by atoms with Gasteiger partial charge in [-0.3, -0.25) is 0 Å². The molecule has 0 bridgehead atoms. The molecule has 7 heteroatoms. The molecule has 3 rings (SSSR count). The number of rotatable bonds is 2. The Bertz CT molecular complexity index is 614. The molecule has 18 heavy (non-hydrogen) atoms. The molecule has 98 valence electrons. The van der Waals surface area contributed by atoms with Crippen molar-refractivity contribution >= 4 is 33.3 Å². The summed E-state index contributed by atoms with van der Waals surface area (Å²) in [5.41, 5.74) is 1.09. The molecule has 1 atom stereocenters. The van der Waals surface area contributed by atoms with Crippen molar-refractivity contribution in [2.75, 3.05) is 13.1 Å². The van der Waals surface area contributed by atoms with Gasteiger partial charge >= 0.3 is 5.22 Å². The van der Waals surface area contributed by atoms with Crippen molar-refractivity contribution in [3.63, 3.8) is 0 Å². The Kier molecular flexibility index (Phi) is 3.61. The van der Waals surface area contributed by atoms with E-state index < -0.39 is 15.1 Å². The number of benzene rings is 1. The zero-order valence-corrected chi connectivity index (χ0v) is 11.1. The van der Waals surface area contributed by atoms with Crippen molar-refractivity contribution in [3.05, 3.63) is 24.3 Å². The first-order chi connectivity index (χ1) is 8.18. The van der Waals surface area contributed by atoms with Crippen LogP contribution in [0, 0.1) is 0 Å². The number of sulfone groups is 1. The summed E-state index contributed by atoms with van der Waals surface area (Å²) in [6.07, 6.45) is 0.612. The average molecular weight is 289 g/mol. The van der Waals surface area contributed by atoms with Crippen molar-refractivity contribution in [2.45, 2.75) is 16.9 Å². The highest BCUT2D eigenvalue weighted by atomic mass is 35.5. The summed E-state index contributed by atoms with van der Waals surface area (Å²) in [4.78, 5) is 4.05. The Morgan fingerprint density at radius 2 is 2.11 bits per heavy atom. The molecule has 1 N–H and O–H groups in total. The Morgan fingerprint density at radius 3 is 2.78 bits per heavy atom. The van der Waals surface area contributed by atoms with Crippen LogP contribution in [0.3, 0.4) is 0 Å². The first kappa shape index (κ1) is 13.3. The van der Waals surface area contributed by atoms with E-state index in [2.05, 4.69) is 10.3 Å². The van der Waals surface area contributed by atoms with Gasteiger partial charge in [-0.15, -0.1) is 12.4 Å². The van der Waals surface area contributed by atoms with Crippen molar-refractivity contribution < 1.29 is 12.8 Å². The number of nitrogens with one attached hydrogen (secondary N) is 1. The van der Waals surface area contributed by atoms with Crippen LogP contribution >= 0.6 is 12.4 Å². The van der Waals surface area contributed by atoms with E-state index in [1.165, 1.54) is 0 Å². The second kappa shape index (κ2) is 4.87. The number of para-hydroxylation sites is 2. The lowest BCUT2D eigenvalue weighted by Gasteiger charge is -2.05. The smallest absolute Gasteiger partial charge is 0.316 e. The molecule has 1 aromatic heterocycles. The van der Waals surface area contributed by atoms with E-state index in [0.29, 0.717) is 24.1 Å². The SMILES string of the molecule is Cl.O=S(=O)(c1nc2ccccc2o1)C1CCNC1. The molecule has 1 saturated heterocycles. The fourth-order valence-electron chi connectivity index (χ4n) is 2.01. The summed E-state index contributed by atoms with van der Waals surface area (Å²) in [7, 11) is -3.44. The van der Waals surface area contributed by atoms with Gasteiger partial charge < -0.3 is 9.73 Å². The van der Waals surface area contributed by atoms with Gasteiger partial charge in [0.2, 0.25) is 9.84 Å². The number of hydrogen-bond acceptors (Lipinski definition) is 5. The summed E-state index contributed by atoms with van der Waals surface area (Å²) in [5.74, 6) is 0. The minimum Gasteiger partial charge on any atom is -0.428 e. The lowest BCUT2D eigenvalue weighted by atomic mass is 10.3.